The zero-order chi connectivity index (χ0) is 18.1. The van der Waals surface area contributed by atoms with E-state index in [9.17, 15) is 4.79 Å². The second kappa shape index (κ2) is 6.66. The Kier molecular flexibility index (Phi) is 4.19. The summed E-state index contributed by atoms with van der Waals surface area (Å²) in [5.41, 5.74) is 1.48. The molecule has 0 aliphatic carbocycles. The minimum atomic E-state index is 0.0195. The van der Waals surface area contributed by atoms with Gasteiger partial charge in [0.1, 0.15) is 11.5 Å². The van der Waals surface area contributed by atoms with E-state index in [1.807, 2.05) is 17.9 Å². The number of furan rings is 1. The number of H-pyrrole nitrogens is 1. The maximum Gasteiger partial charge on any atom is 0.257 e. The van der Waals surface area contributed by atoms with Gasteiger partial charge in [-0.15, -0.1) is 10.2 Å². The number of nitrogens with zero attached hydrogens (tertiary/aromatic N) is 6. The van der Waals surface area contributed by atoms with E-state index in [1.54, 1.807) is 18.5 Å². The summed E-state index contributed by atoms with van der Waals surface area (Å²) in [6.07, 6.45) is 3.26. The van der Waals surface area contributed by atoms with Gasteiger partial charge >= 0.3 is 0 Å². The van der Waals surface area contributed by atoms with Crippen LogP contribution >= 0.6 is 0 Å². The minimum Gasteiger partial charge on any atom is -0.469 e. The molecule has 26 heavy (non-hydrogen) atoms. The molecule has 0 radical (unpaired) electrons. The quantitative estimate of drug-likeness (QED) is 0.763. The molecular formula is C17H21N7O2. The number of nitrogens with one attached hydrogen (secondary N) is 1. The Bertz CT molecular complexity index is 888. The second-order valence-electron chi connectivity index (χ2n) is 6.21. The highest BCUT2D eigenvalue weighted by Crippen LogP contribution is 2.22. The van der Waals surface area contributed by atoms with Gasteiger partial charge in [0.05, 0.1) is 11.8 Å². The van der Waals surface area contributed by atoms with Gasteiger partial charge in [-0.3, -0.25) is 14.5 Å². The zero-order valence-electron chi connectivity index (χ0n) is 14.8. The summed E-state index contributed by atoms with van der Waals surface area (Å²) < 4.78 is 7.31. The van der Waals surface area contributed by atoms with E-state index in [-0.39, 0.29) is 5.91 Å². The van der Waals surface area contributed by atoms with Crippen molar-refractivity contribution in [2.24, 2.45) is 0 Å². The fourth-order valence-electron chi connectivity index (χ4n) is 3.29. The van der Waals surface area contributed by atoms with Crippen LogP contribution in [0.25, 0.3) is 11.5 Å². The van der Waals surface area contributed by atoms with Crippen molar-refractivity contribution >= 4 is 11.9 Å². The summed E-state index contributed by atoms with van der Waals surface area (Å²) in [6.45, 7) is 7.33. The molecule has 0 spiro atoms. The van der Waals surface area contributed by atoms with Crippen LogP contribution in [0.4, 0.5) is 5.95 Å². The Morgan fingerprint density at radius 1 is 1.23 bits per heavy atom. The maximum absolute atomic E-state index is 12.6. The summed E-state index contributed by atoms with van der Waals surface area (Å²) in [5, 5.41) is 15.6. The van der Waals surface area contributed by atoms with Crippen LogP contribution in [0, 0.1) is 6.92 Å². The molecule has 1 amide bonds. The molecule has 0 saturated carbocycles. The van der Waals surface area contributed by atoms with E-state index < -0.39 is 0 Å². The summed E-state index contributed by atoms with van der Waals surface area (Å²) in [5.74, 6) is 2.27. The monoisotopic (exact) mass is 355 g/mol. The van der Waals surface area contributed by atoms with Crippen LogP contribution in [-0.2, 0) is 6.54 Å². The molecule has 3 aromatic rings. The van der Waals surface area contributed by atoms with Gasteiger partial charge in [0.25, 0.3) is 5.91 Å². The number of hydrogen-bond donors (Lipinski definition) is 1. The molecule has 1 saturated heterocycles. The van der Waals surface area contributed by atoms with Crippen molar-refractivity contribution in [1.29, 1.82) is 0 Å². The third-order valence-corrected chi connectivity index (χ3v) is 4.73. The SMILES string of the molecule is CCn1c(-c2ccn[nH]2)nnc1N1CCN(C(=O)c2ccoc2C)CC1. The molecule has 0 bridgehead atoms. The van der Waals surface area contributed by atoms with Crippen LogP contribution in [-0.4, -0.2) is 61.9 Å². The Balaban J connectivity index is 1.49. The Hall–Kier alpha value is -3.10. The first kappa shape index (κ1) is 16.4. The first-order valence-electron chi connectivity index (χ1n) is 8.70. The number of aryl methyl sites for hydroxylation is 1. The largest absolute Gasteiger partial charge is 0.469 e. The molecule has 0 unspecified atom stereocenters. The number of rotatable bonds is 4. The summed E-state index contributed by atoms with van der Waals surface area (Å²) >= 11 is 0. The van der Waals surface area contributed by atoms with Crippen LogP contribution in [0.1, 0.15) is 23.0 Å². The number of piperazine rings is 1. The van der Waals surface area contributed by atoms with Crippen LogP contribution in [0.15, 0.2) is 29.0 Å². The predicted molar refractivity (Wildman–Crippen MR) is 94.8 cm³/mol. The standard InChI is InChI=1S/C17H21N7O2/c1-3-24-15(14-4-6-18-19-14)20-21-17(24)23-9-7-22(8-10-23)16(25)13-5-11-26-12(13)2/h4-6,11H,3,7-10H2,1-2H3,(H,18,19). The van der Waals surface area contributed by atoms with E-state index in [1.165, 1.54) is 0 Å². The van der Waals surface area contributed by atoms with Crippen LogP contribution < -0.4 is 4.90 Å². The molecule has 1 aliphatic rings. The number of aromatic amines is 1. The first-order chi connectivity index (χ1) is 12.7. The lowest BCUT2D eigenvalue weighted by Gasteiger charge is -2.35. The molecule has 4 rings (SSSR count). The van der Waals surface area contributed by atoms with Crippen molar-refractivity contribution in [2.75, 3.05) is 31.1 Å². The lowest BCUT2D eigenvalue weighted by atomic mass is 10.2. The van der Waals surface area contributed by atoms with E-state index >= 15 is 0 Å². The molecule has 3 aromatic heterocycles. The molecule has 4 heterocycles. The lowest BCUT2D eigenvalue weighted by Crippen LogP contribution is -2.49. The average Bonchev–Trinajstić information content (AvgIpc) is 3.41. The summed E-state index contributed by atoms with van der Waals surface area (Å²) in [7, 11) is 0. The highest BCUT2D eigenvalue weighted by Gasteiger charge is 2.27. The van der Waals surface area contributed by atoms with Crippen molar-refractivity contribution in [2.45, 2.75) is 20.4 Å². The molecule has 1 fully saturated rings. The van der Waals surface area contributed by atoms with Gasteiger partial charge in [-0.05, 0) is 26.0 Å². The van der Waals surface area contributed by atoms with E-state index in [2.05, 4.69) is 36.8 Å². The number of aromatic nitrogens is 5. The van der Waals surface area contributed by atoms with Crippen molar-refractivity contribution in [3.05, 3.63) is 35.9 Å². The van der Waals surface area contributed by atoms with Gasteiger partial charge in [0.15, 0.2) is 5.82 Å². The van der Waals surface area contributed by atoms with E-state index in [0.717, 1.165) is 24.0 Å². The van der Waals surface area contributed by atoms with E-state index in [0.29, 0.717) is 37.5 Å². The third-order valence-electron chi connectivity index (χ3n) is 4.73. The molecule has 9 nitrogen and oxygen atoms in total. The summed E-state index contributed by atoms with van der Waals surface area (Å²) in [4.78, 5) is 16.6. The maximum atomic E-state index is 12.6. The van der Waals surface area contributed by atoms with Gasteiger partial charge in [0.2, 0.25) is 5.95 Å². The molecule has 0 aromatic carbocycles. The zero-order valence-corrected chi connectivity index (χ0v) is 14.8. The first-order valence-corrected chi connectivity index (χ1v) is 8.70. The van der Waals surface area contributed by atoms with Gasteiger partial charge < -0.3 is 14.2 Å². The smallest absolute Gasteiger partial charge is 0.257 e. The Labute approximate surface area is 150 Å². The van der Waals surface area contributed by atoms with Crippen molar-refractivity contribution < 1.29 is 9.21 Å². The molecular weight excluding hydrogens is 334 g/mol. The normalized spacial score (nSPS) is 14.8. The summed E-state index contributed by atoms with van der Waals surface area (Å²) in [6, 6.07) is 3.61. The lowest BCUT2D eigenvalue weighted by molar-refractivity contribution is 0.0744. The van der Waals surface area contributed by atoms with E-state index in [4.69, 9.17) is 4.42 Å². The number of amides is 1. The molecule has 1 N–H and O–H groups in total. The number of carbonyl (C=O) groups excluding carboxylic acids is 1. The molecule has 9 heteroatoms. The van der Waals surface area contributed by atoms with Crippen LogP contribution in [0.3, 0.4) is 0 Å². The van der Waals surface area contributed by atoms with Crippen molar-refractivity contribution in [3.8, 4) is 11.5 Å². The number of carbonyl (C=O) groups is 1. The highest BCUT2D eigenvalue weighted by molar-refractivity contribution is 5.95. The van der Waals surface area contributed by atoms with Gasteiger partial charge in [-0.1, -0.05) is 0 Å². The van der Waals surface area contributed by atoms with Crippen molar-refractivity contribution in [3.63, 3.8) is 0 Å². The molecule has 1 aliphatic heterocycles. The average molecular weight is 355 g/mol. The topological polar surface area (TPSA) is 96.1 Å². The molecule has 0 atom stereocenters. The molecule has 136 valence electrons. The fraction of sp³-hybridized carbons (Fsp3) is 0.412. The van der Waals surface area contributed by atoms with Crippen molar-refractivity contribution in [1.82, 2.24) is 29.9 Å². The second-order valence-corrected chi connectivity index (χ2v) is 6.21. The Morgan fingerprint density at radius 3 is 2.65 bits per heavy atom. The third kappa shape index (κ3) is 2.75. The van der Waals surface area contributed by atoms with Gasteiger partial charge in [-0.2, -0.15) is 5.10 Å². The number of hydrogen-bond acceptors (Lipinski definition) is 6. The number of anilines is 1. The predicted octanol–water partition coefficient (Wildman–Crippen LogP) is 1.55. The van der Waals surface area contributed by atoms with Gasteiger partial charge in [-0.25, -0.2) is 0 Å². The van der Waals surface area contributed by atoms with Gasteiger partial charge in [0, 0.05) is 38.9 Å². The minimum absolute atomic E-state index is 0.0195. The highest BCUT2D eigenvalue weighted by atomic mass is 16.3. The Morgan fingerprint density at radius 2 is 2.04 bits per heavy atom. The fourth-order valence-corrected chi connectivity index (χ4v) is 3.29. The van der Waals surface area contributed by atoms with Crippen LogP contribution in [0.2, 0.25) is 0 Å². The van der Waals surface area contributed by atoms with Crippen LogP contribution in [0.5, 0.6) is 0 Å².